The molecule has 4 nitrogen and oxygen atoms in total. The molecule has 2 amide bonds. The minimum absolute atomic E-state index is 0.0124. The van der Waals surface area contributed by atoms with Crippen LogP contribution in [-0.2, 0) is 21.9 Å². The van der Waals surface area contributed by atoms with Gasteiger partial charge in [-0.3, -0.25) is 9.59 Å². The van der Waals surface area contributed by atoms with Gasteiger partial charge in [0.1, 0.15) is 6.04 Å². The minimum Gasteiger partial charge on any atom is -0.354 e. The molecule has 2 rings (SSSR count). The van der Waals surface area contributed by atoms with Crippen LogP contribution in [0.3, 0.4) is 0 Å². The van der Waals surface area contributed by atoms with Gasteiger partial charge in [-0.2, -0.15) is 0 Å². The first-order valence-corrected chi connectivity index (χ1v) is 12.4. The van der Waals surface area contributed by atoms with Crippen LogP contribution in [0, 0.1) is 13.8 Å². The van der Waals surface area contributed by atoms with Gasteiger partial charge in [-0.25, -0.2) is 0 Å². The summed E-state index contributed by atoms with van der Waals surface area (Å²) in [5.74, 6) is 1.10. The molecule has 0 aliphatic heterocycles. The topological polar surface area (TPSA) is 49.4 Å². The van der Waals surface area contributed by atoms with E-state index in [9.17, 15) is 9.59 Å². The molecule has 1 N–H and O–H groups in total. The van der Waals surface area contributed by atoms with Gasteiger partial charge in [0.25, 0.3) is 0 Å². The number of carbonyl (C=O) groups is 2. The molecular weight excluding hydrogens is 404 g/mol. The Morgan fingerprint density at radius 3 is 2.52 bits per heavy atom. The normalized spacial score (nSPS) is 11.7. The molecule has 0 radical (unpaired) electrons. The molecule has 0 aliphatic rings. The van der Waals surface area contributed by atoms with Crippen LogP contribution in [0.4, 0.5) is 0 Å². The summed E-state index contributed by atoms with van der Waals surface area (Å²) in [6.45, 7) is 9.31. The van der Waals surface area contributed by atoms with E-state index in [1.54, 1.807) is 16.7 Å². The number of rotatable bonds is 12. The van der Waals surface area contributed by atoms with Gasteiger partial charge in [-0.05, 0) is 43.4 Å². The maximum Gasteiger partial charge on any atom is 0.242 e. The van der Waals surface area contributed by atoms with E-state index in [0.717, 1.165) is 29.7 Å². The van der Waals surface area contributed by atoms with E-state index in [1.165, 1.54) is 11.1 Å². The van der Waals surface area contributed by atoms with Crippen molar-refractivity contribution >= 4 is 23.6 Å². The Balaban J connectivity index is 2.11. The quantitative estimate of drug-likeness (QED) is 0.458. The monoisotopic (exact) mass is 440 g/mol. The van der Waals surface area contributed by atoms with Gasteiger partial charge >= 0.3 is 0 Å². The molecule has 0 aromatic heterocycles. The van der Waals surface area contributed by atoms with Crippen LogP contribution in [0.1, 0.15) is 55.4 Å². The van der Waals surface area contributed by atoms with Gasteiger partial charge < -0.3 is 10.2 Å². The molecule has 0 aliphatic carbocycles. The SMILES string of the molecule is CCCCNC(=O)[C@H](CC)N(Cc1ccccc1C)C(=O)CSCc1cccc(C)c1. The van der Waals surface area contributed by atoms with Gasteiger partial charge in [0.15, 0.2) is 0 Å². The molecule has 0 saturated heterocycles. The summed E-state index contributed by atoms with van der Waals surface area (Å²) in [4.78, 5) is 27.9. The van der Waals surface area contributed by atoms with Crippen molar-refractivity contribution in [2.75, 3.05) is 12.3 Å². The van der Waals surface area contributed by atoms with Crippen molar-refractivity contribution in [2.45, 2.75) is 65.3 Å². The standard InChI is InChI=1S/C26H36N2O2S/c1-5-7-15-27-26(30)24(6-2)28(17-23-14-9-8-12-21(23)4)25(29)19-31-18-22-13-10-11-20(3)16-22/h8-14,16,24H,5-7,15,17-19H2,1-4H3,(H,27,30)/t24-/m0/s1. The number of nitrogens with one attached hydrogen (secondary N) is 1. The van der Waals surface area contributed by atoms with Crippen molar-refractivity contribution in [3.63, 3.8) is 0 Å². The summed E-state index contributed by atoms with van der Waals surface area (Å²) >= 11 is 1.60. The molecule has 1 atom stereocenters. The van der Waals surface area contributed by atoms with E-state index < -0.39 is 6.04 Å². The highest BCUT2D eigenvalue weighted by Crippen LogP contribution is 2.19. The van der Waals surface area contributed by atoms with Crippen molar-refractivity contribution in [2.24, 2.45) is 0 Å². The number of hydrogen-bond acceptors (Lipinski definition) is 3. The van der Waals surface area contributed by atoms with Crippen LogP contribution in [0.5, 0.6) is 0 Å². The first kappa shape index (κ1) is 25.0. The molecule has 0 saturated carbocycles. The van der Waals surface area contributed by atoms with Gasteiger partial charge in [0.05, 0.1) is 5.75 Å². The Bertz CT molecular complexity index is 853. The van der Waals surface area contributed by atoms with Crippen molar-refractivity contribution < 1.29 is 9.59 Å². The number of carbonyl (C=O) groups excluding carboxylic acids is 2. The third-order valence-electron chi connectivity index (χ3n) is 5.39. The number of unbranched alkanes of at least 4 members (excludes halogenated alkanes) is 1. The zero-order valence-electron chi connectivity index (χ0n) is 19.3. The molecule has 5 heteroatoms. The second-order valence-electron chi connectivity index (χ2n) is 8.00. The third kappa shape index (κ3) is 8.06. The Morgan fingerprint density at radius 1 is 1.06 bits per heavy atom. The number of benzene rings is 2. The van der Waals surface area contributed by atoms with Crippen LogP contribution in [-0.4, -0.2) is 35.1 Å². The highest BCUT2D eigenvalue weighted by atomic mass is 32.2. The van der Waals surface area contributed by atoms with Crippen molar-refractivity contribution in [3.8, 4) is 0 Å². The Morgan fingerprint density at radius 2 is 1.84 bits per heavy atom. The third-order valence-corrected chi connectivity index (χ3v) is 6.38. The van der Waals surface area contributed by atoms with Gasteiger partial charge in [0, 0.05) is 18.8 Å². The Labute approximate surface area is 191 Å². The second-order valence-corrected chi connectivity index (χ2v) is 8.98. The lowest BCUT2D eigenvalue weighted by Crippen LogP contribution is -2.49. The van der Waals surface area contributed by atoms with E-state index >= 15 is 0 Å². The van der Waals surface area contributed by atoms with E-state index in [-0.39, 0.29) is 11.8 Å². The fraction of sp³-hybridized carbons (Fsp3) is 0.462. The average molecular weight is 441 g/mol. The summed E-state index contributed by atoms with van der Waals surface area (Å²) in [7, 11) is 0. The maximum absolute atomic E-state index is 13.3. The highest BCUT2D eigenvalue weighted by Gasteiger charge is 2.28. The molecular formula is C26H36N2O2S. The van der Waals surface area contributed by atoms with Gasteiger partial charge in [-0.15, -0.1) is 11.8 Å². The van der Waals surface area contributed by atoms with E-state index in [1.807, 2.05) is 44.2 Å². The second kappa shape index (κ2) is 13.2. The fourth-order valence-corrected chi connectivity index (χ4v) is 4.40. The van der Waals surface area contributed by atoms with Crippen LogP contribution < -0.4 is 5.32 Å². The van der Waals surface area contributed by atoms with Crippen LogP contribution >= 0.6 is 11.8 Å². The largest absolute Gasteiger partial charge is 0.354 e. The van der Waals surface area contributed by atoms with Crippen molar-refractivity contribution in [1.29, 1.82) is 0 Å². The predicted molar refractivity (Wildman–Crippen MR) is 131 cm³/mol. The molecule has 168 valence electrons. The van der Waals surface area contributed by atoms with Crippen LogP contribution in [0.25, 0.3) is 0 Å². The molecule has 0 heterocycles. The van der Waals surface area contributed by atoms with Crippen LogP contribution in [0.2, 0.25) is 0 Å². The fourth-order valence-electron chi connectivity index (χ4n) is 3.54. The molecule has 0 bridgehead atoms. The molecule has 2 aromatic carbocycles. The summed E-state index contributed by atoms with van der Waals surface area (Å²) < 4.78 is 0. The number of nitrogens with zero attached hydrogens (tertiary/aromatic N) is 1. The van der Waals surface area contributed by atoms with Gasteiger partial charge in [-0.1, -0.05) is 74.4 Å². The predicted octanol–water partition coefficient (Wildman–Crippen LogP) is 5.26. The zero-order chi connectivity index (χ0) is 22.6. The molecule has 2 aromatic rings. The molecule has 0 unspecified atom stereocenters. The van der Waals surface area contributed by atoms with Crippen LogP contribution in [0.15, 0.2) is 48.5 Å². The number of amides is 2. The first-order chi connectivity index (χ1) is 15.0. The molecule has 0 fully saturated rings. The average Bonchev–Trinajstić information content (AvgIpc) is 2.75. The van der Waals surface area contributed by atoms with E-state index in [0.29, 0.717) is 25.3 Å². The lowest BCUT2D eigenvalue weighted by molar-refractivity contribution is -0.139. The molecule has 31 heavy (non-hydrogen) atoms. The number of hydrogen-bond donors (Lipinski definition) is 1. The first-order valence-electron chi connectivity index (χ1n) is 11.2. The highest BCUT2D eigenvalue weighted by molar-refractivity contribution is 7.99. The number of aryl methyl sites for hydroxylation is 2. The Hall–Kier alpha value is -2.27. The van der Waals surface area contributed by atoms with Crippen molar-refractivity contribution in [3.05, 3.63) is 70.8 Å². The Kier molecular flexibility index (Phi) is 10.6. The van der Waals surface area contributed by atoms with Crippen molar-refractivity contribution in [1.82, 2.24) is 10.2 Å². The zero-order valence-corrected chi connectivity index (χ0v) is 20.1. The minimum atomic E-state index is -0.455. The smallest absolute Gasteiger partial charge is 0.242 e. The lowest BCUT2D eigenvalue weighted by atomic mass is 10.1. The van der Waals surface area contributed by atoms with E-state index in [2.05, 4.69) is 37.4 Å². The summed E-state index contributed by atoms with van der Waals surface area (Å²) in [6.07, 6.45) is 2.57. The van der Waals surface area contributed by atoms with Gasteiger partial charge in [0.2, 0.25) is 11.8 Å². The summed E-state index contributed by atoms with van der Waals surface area (Å²) in [5, 5.41) is 3.02. The number of thioether (sulfide) groups is 1. The lowest BCUT2D eigenvalue weighted by Gasteiger charge is -2.31. The summed E-state index contributed by atoms with van der Waals surface area (Å²) in [5.41, 5.74) is 4.65. The maximum atomic E-state index is 13.3. The molecule has 0 spiro atoms. The summed E-state index contributed by atoms with van der Waals surface area (Å²) in [6, 6.07) is 16.0. The van der Waals surface area contributed by atoms with E-state index in [4.69, 9.17) is 0 Å².